The van der Waals surface area contributed by atoms with E-state index in [1.165, 1.54) is 6.07 Å². The van der Waals surface area contributed by atoms with Crippen LogP contribution in [0.15, 0.2) is 48.5 Å². The van der Waals surface area contributed by atoms with E-state index in [9.17, 15) is 9.90 Å². The number of phenolic OH excluding ortho intramolecular Hbond substituents is 1. The quantitative estimate of drug-likeness (QED) is 0.644. The highest BCUT2D eigenvalue weighted by Gasteiger charge is 2.08. The Morgan fingerprint density at radius 1 is 1.21 bits per heavy atom. The van der Waals surface area contributed by atoms with E-state index in [4.69, 9.17) is 4.84 Å². The third-order valence-electron chi connectivity index (χ3n) is 2.45. The van der Waals surface area contributed by atoms with Gasteiger partial charge in [-0.3, -0.25) is 9.63 Å². The van der Waals surface area contributed by atoms with E-state index >= 15 is 0 Å². The monoisotopic (exact) mass is 369 g/mol. The van der Waals surface area contributed by atoms with Crippen LogP contribution in [0.1, 0.15) is 15.9 Å². The lowest BCUT2D eigenvalue weighted by molar-refractivity contribution is 0.0233. The van der Waals surface area contributed by atoms with Gasteiger partial charge < -0.3 is 5.11 Å². The van der Waals surface area contributed by atoms with E-state index in [1.54, 1.807) is 12.1 Å². The summed E-state index contributed by atoms with van der Waals surface area (Å²) >= 11 is 1.99. The predicted octanol–water partition coefficient (Wildman–Crippen LogP) is 2.86. The van der Waals surface area contributed by atoms with Crippen LogP contribution in [-0.2, 0) is 11.4 Å². The van der Waals surface area contributed by atoms with E-state index in [2.05, 4.69) is 5.48 Å². The molecule has 5 heteroatoms. The first-order valence-corrected chi connectivity index (χ1v) is 6.69. The Labute approximate surface area is 124 Å². The molecule has 0 aliphatic rings. The lowest BCUT2D eigenvalue weighted by atomic mass is 10.2. The van der Waals surface area contributed by atoms with Crippen LogP contribution in [0.4, 0.5) is 0 Å². The molecule has 0 radical (unpaired) electrons. The molecule has 0 atom stereocenters. The maximum atomic E-state index is 11.7. The van der Waals surface area contributed by atoms with Crippen molar-refractivity contribution >= 4 is 28.5 Å². The van der Waals surface area contributed by atoms with Crippen LogP contribution in [0.25, 0.3) is 0 Å². The third-order valence-corrected chi connectivity index (χ3v) is 3.37. The molecular formula is C14H12INO3. The third kappa shape index (κ3) is 3.93. The van der Waals surface area contributed by atoms with Crippen LogP contribution in [0.5, 0.6) is 5.75 Å². The molecule has 2 aromatic rings. The number of hydrogen-bond acceptors (Lipinski definition) is 3. The summed E-state index contributed by atoms with van der Waals surface area (Å²) in [4.78, 5) is 16.9. The largest absolute Gasteiger partial charge is 0.507 e. The van der Waals surface area contributed by atoms with Crippen LogP contribution in [-0.4, -0.2) is 11.0 Å². The summed E-state index contributed by atoms with van der Waals surface area (Å²) in [5.74, 6) is -0.307. The molecule has 0 aliphatic carbocycles. The molecule has 0 bridgehead atoms. The van der Waals surface area contributed by atoms with E-state index in [0.717, 1.165) is 5.56 Å². The Bertz CT molecular complexity index is 572. The van der Waals surface area contributed by atoms with Crippen LogP contribution in [0.3, 0.4) is 0 Å². The van der Waals surface area contributed by atoms with E-state index < -0.39 is 0 Å². The normalized spacial score (nSPS) is 10.2. The lowest BCUT2D eigenvalue weighted by Crippen LogP contribution is -2.23. The van der Waals surface area contributed by atoms with Crippen molar-refractivity contribution in [2.75, 3.05) is 0 Å². The van der Waals surface area contributed by atoms with E-state index in [0.29, 0.717) is 15.7 Å². The number of hydroxylamine groups is 1. The molecule has 0 aliphatic heterocycles. The van der Waals surface area contributed by atoms with Crippen molar-refractivity contribution in [3.05, 3.63) is 63.2 Å². The first-order chi connectivity index (χ1) is 9.16. The van der Waals surface area contributed by atoms with Crippen molar-refractivity contribution in [2.45, 2.75) is 6.61 Å². The van der Waals surface area contributed by atoms with Crippen LogP contribution in [0, 0.1) is 3.57 Å². The number of nitrogens with one attached hydrogen (secondary N) is 1. The fourth-order valence-electron chi connectivity index (χ4n) is 1.47. The van der Waals surface area contributed by atoms with Gasteiger partial charge in [0.15, 0.2) is 0 Å². The van der Waals surface area contributed by atoms with Gasteiger partial charge in [0, 0.05) is 5.56 Å². The van der Waals surface area contributed by atoms with E-state index in [-0.39, 0.29) is 11.7 Å². The van der Waals surface area contributed by atoms with Crippen molar-refractivity contribution in [3.63, 3.8) is 0 Å². The molecule has 2 rings (SSSR count). The Kier molecular flexibility index (Phi) is 4.75. The molecule has 0 fully saturated rings. The lowest BCUT2D eigenvalue weighted by Gasteiger charge is -2.06. The summed E-state index contributed by atoms with van der Waals surface area (Å²) < 4.78 is 0.694. The Hall–Kier alpha value is -1.60. The van der Waals surface area contributed by atoms with Gasteiger partial charge in [0.05, 0.1) is 10.2 Å². The van der Waals surface area contributed by atoms with Crippen molar-refractivity contribution in [1.29, 1.82) is 0 Å². The minimum atomic E-state index is -0.386. The number of carbonyl (C=O) groups excluding carboxylic acids is 1. The first kappa shape index (κ1) is 13.8. The van der Waals surface area contributed by atoms with Crippen molar-refractivity contribution in [1.82, 2.24) is 5.48 Å². The average molecular weight is 369 g/mol. The molecule has 0 spiro atoms. The van der Waals surface area contributed by atoms with Gasteiger partial charge in [-0.15, -0.1) is 0 Å². The van der Waals surface area contributed by atoms with Crippen LogP contribution >= 0.6 is 22.6 Å². The number of halogens is 1. The molecule has 1 amide bonds. The van der Waals surface area contributed by atoms with E-state index in [1.807, 2.05) is 52.9 Å². The maximum absolute atomic E-state index is 11.7. The highest BCUT2D eigenvalue weighted by molar-refractivity contribution is 14.1. The second-order valence-electron chi connectivity index (χ2n) is 3.87. The van der Waals surface area contributed by atoms with Crippen molar-refractivity contribution in [2.24, 2.45) is 0 Å². The summed E-state index contributed by atoms with van der Waals surface area (Å²) in [5.41, 5.74) is 3.66. The number of carbonyl (C=O) groups is 1. The second-order valence-corrected chi connectivity index (χ2v) is 5.03. The number of phenols is 1. The maximum Gasteiger partial charge on any atom is 0.274 e. The smallest absolute Gasteiger partial charge is 0.274 e. The number of aromatic hydroxyl groups is 1. The predicted molar refractivity (Wildman–Crippen MR) is 79.5 cm³/mol. The summed E-state index contributed by atoms with van der Waals surface area (Å²) in [5, 5.41) is 9.52. The van der Waals surface area contributed by atoms with Crippen molar-refractivity contribution in [3.8, 4) is 5.75 Å². The second kappa shape index (κ2) is 6.53. The van der Waals surface area contributed by atoms with Gasteiger partial charge in [-0.2, -0.15) is 0 Å². The molecule has 0 saturated heterocycles. The Morgan fingerprint density at radius 3 is 2.63 bits per heavy atom. The minimum absolute atomic E-state index is 0.0799. The Balaban J connectivity index is 1.89. The van der Waals surface area contributed by atoms with Crippen molar-refractivity contribution < 1.29 is 14.7 Å². The average Bonchev–Trinajstić information content (AvgIpc) is 2.43. The van der Waals surface area contributed by atoms with Gasteiger partial charge in [-0.25, -0.2) is 5.48 Å². The summed E-state index contributed by atoms with van der Waals surface area (Å²) in [6, 6.07) is 14.2. The zero-order valence-corrected chi connectivity index (χ0v) is 12.1. The molecule has 2 N–H and O–H groups in total. The fourth-order valence-corrected chi connectivity index (χ4v) is 1.81. The highest BCUT2D eigenvalue weighted by atomic mass is 127. The van der Waals surface area contributed by atoms with Crippen LogP contribution < -0.4 is 5.48 Å². The number of rotatable bonds is 4. The standard InChI is InChI=1S/C14H12INO3/c15-12-7-6-11(8-13(12)17)14(18)16-19-9-10-4-2-1-3-5-10/h1-8,17H,9H2,(H,16,18). The van der Waals surface area contributed by atoms with Gasteiger partial charge in [0.2, 0.25) is 0 Å². The molecule has 2 aromatic carbocycles. The molecule has 4 nitrogen and oxygen atoms in total. The number of hydrogen-bond donors (Lipinski definition) is 2. The number of amides is 1. The number of benzene rings is 2. The van der Waals surface area contributed by atoms with Crippen LogP contribution in [0.2, 0.25) is 0 Å². The zero-order chi connectivity index (χ0) is 13.7. The SMILES string of the molecule is O=C(NOCc1ccccc1)c1ccc(I)c(O)c1. The fraction of sp³-hybridized carbons (Fsp3) is 0.0714. The molecule has 0 heterocycles. The van der Waals surface area contributed by atoms with Gasteiger partial charge in [0.1, 0.15) is 5.75 Å². The molecular weight excluding hydrogens is 357 g/mol. The highest BCUT2D eigenvalue weighted by Crippen LogP contribution is 2.20. The molecule has 0 unspecified atom stereocenters. The Morgan fingerprint density at radius 2 is 1.95 bits per heavy atom. The molecule has 98 valence electrons. The first-order valence-electron chi connectivity index (χ1n) is 5.61. The molecule has 19 heavy (non-hydrogen) atoms. The summed E-state index contributed by atoms with van der Waals surface area (Å²) in [7, 11) is 0. The summed E-state index contributed by atoms with van der Waals surface area (Å²) in [6.07, 6.45) is 0. The minimum Gasteiger partial charge on any atom is -0.507 e. The van der Waals surface area contributed by atoms with Gasteiger partial charge in [-0.05, 0) is 46.4 Å². The topological polar surface area (TPSA) is 58.6 Å². The molecule has 0 aromatic heterocycles. The summed E-state index contributed by atoms with van der Waals surface area (Å²) in [6.45, 7) is 0.295. The molecule has 0 saturated carbocycles. The zero-order valence-electron chi connectivity index (χ0n) is 9.97. The van der Waals surface area contributed by atoms with Gasteiger partial charge in [-0.1, -0.05) is 30.3 Å². The van der Waals surface area contributed by atoms with Gasteiger partial charge >= 0.3 is 0 Å². The van der Waals surface area contributed by atoms with Gasteiger partial charge in [0.25, 0.3) is 5.91 Å².